The summed E-state index contributed by atoms with van der Waals surface area (Å²) in [6.07, 6.45) is 0. The van der Waals surface area contributed by atoms with Gasteiger partial charge in [0.15, 0.2) is 0 Å². The number of benzene rings is 1. The van der Waals surface area contributed by atoms with Crippen molar-refractivity contribution in [1.29, 1.82) is 5.26 Å². The zero-order valence-corrected chi connectivity index (χ0v) is 7.66. The van der Waals surface area contributed by atoms with Gasteiger partial charge in [-0.2, -0.15) is 5.26 Å². The molecule has 0 aliphatic rings. The van der Waals surface area contributed by atoms with E-state index >= 15 is 0 Å². The smallest absolute Gasteiger partial charge is 0.139 e. The van der Waals surface area contributed by atoms with Crippen LogP contribution in [-0.4, -0.2) is 12.2 Å². The van der Waals surface area contributed by atoms with E-state index in [-0.39, 0.29) is 6.61 Å². The Labute approximate surface area is 77.2 Å². The van der Waals surface area contributed by atoms with Crippen LogP contribution >= 0.6 is 0 Å². The van der Waals surface area contributed by atoms with Crippen molar-refractivity contribution in [2.75, 3.05) is 7.11 Å². The first-order valence-corrected chi connectivity index (χ1v) is 3.92. The van der Waals surface area contributed by atoms with Gasteiger partial charge in [-0.25, -0.2) is 0 Å². The summed E-state index contributed by atoms with van der Waals surface area (Å²) in [4.78, 5) is 0. The molecular formula is C10H11NO2. The van der Waals surface area contributed by atoms with E-state index in [1.54, 1.807) is 6.07 Å². The first-order valence-electron chi connectivity index (χ1n) is 3.92. The Morgan fingerprint density at radius 3 is 2.69 bits per heavy atom. The third kappa shape index (κ3) is 1.63. The standard InChI is InChI=1S/C10H11NO2/c1-7-3-4-8(6-12)9(5-11)10(7)13-2/h3-4,12H,6H2,1-2H3. The molecule has 0 saturated carbocycles. The second-order valence-corrected chi connectivity index (χ2v) is 2.72. The highest BCUT2D eigenvalue weighted by molar-refractivity contribution is 5.52. The molecule has 13 heavy (non-hydrogen) atoms. The summed E-state index contributed by atoms with van der Waals surface area (Å²) in [7, 11) is 1.52. The summed E-state index contributed by atoms with van der Waals surface area (Å²) in [5.74, 6) is 0.550. The summed E-state index contributed by atoms with van der Waals surface area (Å²) >= 11 is 0. The van der Waals surface area contributed by atoms with Crippen molar-refractivity contribution >= 4 is 0 Å². The molecule has 0 bridgehead atoms. The number of hydrogen-bond acceptors (Lipinski definition) is 3. The largest absolute Gasteiger partial charge is 0.495 e. The number of nitriles is 1. The average Bonchev–Trinajstić information content (AvgIpc) is 2.17. The number of hydrogen-bond donors (Lipinski definition) is 1. The van der Waals surface area contributed by atoms with Crippen LogP contribution in [0.1, 0.15) is 16.7 Å². The molecule has 3 heteroatoms. The molecule has 1 N–H and O–H groups in total. The minimum absolute atomic E-state index is 0.139. The molecule has 1 aromatic rings. The van der Waals surface area contributed by atoms with Gasteiger partial charge < -0.3 is 9.84 Å². The SMILES string of the molecule is COc1c(C)ccc(CO)c1C#N. The monoisotopic (exact) mass is 177 g/mol. The van der Waals surface area contributed by atoms with Gasteiger partial charge in [0.2, 0.25) is 0 Å². The number of nitrogens with zero attached hydrogens (tertiary/aromatic N) is 1. The van der Waals surface area contributed by atoms with Gasteiger partial charge >= 0.3 is 0 Å². The molecule has 0 atom stereocenters. The lowest BCUT2D eigenvalue weighted by Crippen LogP contribution is -1.96. The molecule has 3 nitrogen and oxygen atoms in total. The van der Waals surface area contributed by atoms with Crippen LogP contribution < -0.4 is 4.74 Å². The van der Waals surface area contributed by atoms with Crippen molar-refractivity contribution < 1.29 is 9.84 Å². The zero-order valence-electron chi connectivity index (χ0n) is 7.66. The van der Waals surface area contributed by atoms with Gasteiger partial charge in [0, 0.05) is 0 Å². The van der Waals surface area contributed by atoms with Crippen LogP contribution in [0.25, 0.3) is 0 Å². The number of aryl methyl sites for hydroxylation is 1. The number of rotatable bonds is 2. The lowest BCUT2D eigenvalue weighted by molar-refractivity contribution is 0.280. The molecule has 0 spiro atoms. The number of aliphatic hydroxyl groups is 1. The van der Waals surface area contributed by atoms with Crippen molar-refractivity contribution in [3.8, 4) is 11.8 Å². The molecule has 0 amide bonds. The van der Waals surface area contributed by atoms with E-state index in [0.29, 0.717) is 16.9 Å². The van der Waals surface area contributed by atoms with Crippen LogP contribution in [0.4, 0.5) is 0 Å². The maximum absolute atomic E-state index is 8.95. The maximum atomic E-state index is 8.95. The first kappa shape index (κ1) is 9.56. The van der Waals surface area contributed by atoms with E-state index in [1.165, 1.54) is 7.11 Å². The molecule has 1 aromatic carbocycles. The molecular weight excluding hydrogens is 166 g/mol. The minimum atomic E-state index is -0.139. The van der Waals surface area contributed by atoms with Crippen molar-refractivity contribution in [3.05, 3.63) is 28.8 Å². The molecule has 0 unspecified atom stereocenters. The minimum Gasteiger partial charge on any atom is -0.495 e. The van der Waals surface area contributed by atoms with E-state index < -0.39 is 0 Å². The van der Waals surface area contributed by atoms with Crippen molar-refractivity contribution in [2.45, 2.75) is 13.5 Å². The van der Waals surface area contributed by atoms with Crippen LogP contribution in [-0.2, 0) is 6.61 Å². The molecule has 0 radical (unpaired) electrons. The van der Waals surface area contributed by atoms with E-state index in [0.717, 1.165) is 5.56 Å². The van der Waals surface area contributed by atoms with Gasteiger partial charge in [-0.05, 0) is 18.1 Å². The van der Waals surface area contributed by atoms with Crippen LogP contribution in [0.15, 0.2) is 12.1 Å². The molecule has 0 aromatic heterocycles. The van der Waals surface area contributed by atoms with E-state index in [4.69, 9.17) is 15.1 Å². The van der Waals surface area contributed by atoms with Crippen molar-refractivity contribution in [2.24, 2.45) is 0 Å². The molecule has 68 valence electrons. The van der Waals surface area contributed by atoms with Gasteiger partial charge in [0.1, 0.15) is 11.8 Å². The summed E-state index contributed by atoms with van der Waals surface area (Å²) in [6.45, 7) is 1.72. The van der Waals surface area contributed by atoms with Crippen LogP contribution in [0.5, 0.6) is 5.75 Å². The molecule has 1 rings (SSSR count). The lowest BCUT2D eigenvalue weighted by Gasteiger charge is -2.09. The molecule has 0 aliphatic carbocycles. The third-order valence-electron chi connectivity index (χ3n) is 1.93. The van der Waals surface area contributed by atoms with Crippen LogP contribution in [0.2, 0.25) is 0 Å². The Bertz CT molecular complexity index is 353. The predicted octanol–water partition coefficient (Wildman–Crippen LogP) is 1.37. The Hall–Kier alpha value is -1.53. The van der Waals surface area contributed by atoms with Gasteiger partial charge in [-0.1, -0.05) is 12.1 Å². The van der Waals surface area contributed by atoms with Gasteiger partial charge in [0.05, 0.1) is 19.3 Å². The number of methoxy groups -OCH3 is 1. The quantitative estimate of drug-likeness (QED) is 0.742. The Balaban J connectivity index is 3.39. The fourth-order valence-corrected chi connectivity index (χ4v) is 1.24. The molecule has 0 heterocycles. The topological polar surface area (TPSA) is 53.2 Å². The number of aliphatic hydroxyl groups excluding tert-OH is 1. The van der Waals surface area contributed by atoms with Gasteiger partial charge in [-0.3, -0.25) is 0 Å². The zero-order chi connectivity index (χ0) is 9.84. The second kappa shape index (κ2) is 3.92. The van der Waals surface area contributed by atoms with Crippen LogP contribution in [0, 0.1) is 18.3 Å². The lowest BCUT2D eigenvalue weighted by atomic mass is 10.0. The molecule has 0 fully saturated rings. The molecule has 0 aliphatic heterocycles. The van der Waals surface area contributed by atoms with E-state index in [2.05, 4.69) is 0 Å². The van der Waals surface area contributed by atoms with Crippen molar-refractivity contribution in [1.82, 2.24) is 0 Å². The van der Waals surface area contributed by atoms with E-state index in [9.17, 15) is 0 Å². The Morgan fingerprint density at radius 2 is 2.23 bits per heavy atom. The van der Waals surface area contributed by atoms with Gasteiger partial charge in [0.25, 0.3) is 0 Å². The first-order chi connectivity index (χ1) is 6.24. The fourth-order valence-electron chi connectivity index (χ4n) is 1.24. The highest BCUT2D eigenvalue weighted by atomic mass is 16.5. The third-order valence-corrected chi connectivity index (χ3v) is 1.93. The highest BCUT2D eigenvalue weighted by Gasteiger charge is 2.10. The summed E-state index contributed by atoms with van der Waals surface area (Å²) < 4.78 is 5.08. The average molecular weight is 177 g/mol. The highest BCUT2D eigenvalue weighted by Crippen LogP contribution is 2.25. The Morgan fingerprint density at radius 1 is 1.54 bits per heavy atom. The van der Waals surface area contributed by atoms with Crippen molar-refractivity contribution in [3.63, 3.8) is 0 Å². The normalized spacial score (nSPS) is 9.38. The van der Waals surface area contributed by atoms with E-state index in [1.807, 2.05) is 19.1 Å². The maximum Gasteiger partial charge on any atom is 0.139 e. The summed E-state index contributed by atoms with van der Waals surface area (Å²) in [5.41, 5.74) is 1.92. The molecule has 0 saturated heterocycles. The van der Waals surface area contributed by atoms with Crippen LogP contribution in [0.3, 0.4) is 0 Å². The summed E-state index contributed by atoms with van der Waals surface area (Å²) in [5, 5.41) is 17.8. The Kier molecular flexibility index (Phi) is 2.88. The summed E-state index contributed by atoms with van der Waals surface area (Å²) in [6, 6.07) is 5.58. The second-order valence-electron chi connectivity index (χ2n) is 2.72. The van der Waals surface area contributed by atoms with Gasteiger partial charge in [-0.15, -0.1) is 0 Å². The fraction of sp³-hybridized carbons (Fsp3) is 0.300. The predicted molar refractivity (Wildman–Crippen MR) is 48.4 cm³/mol. The number of ether oxygens (including phenoxy) is 1.